The second-order valence-corrected chi connectivity index (χ2v) is 7.15. The molecule has 0 N–H and O–H groups in total. The number of benzene rings is 2. The highest BCUT2D eigenvalue weighted by Gasteiger charge is 2.12. The third-order valence-corrected chi connectivity index (χ3v) is 5.05. The lowest BCUT2D eigenvalue weighted by Crippen LogP contribution is -2.32. The first-order chi connectivity index (χ1) is 13.0. The summed E-state index contributed by atoms with van der Waals surface area (Å²) in [5.41, 5.74) is 6.87. The maximum Gasteiger partial charge on any atom is 0.213 e. The number of pyridine rings is 2. The van der Waals surface area contributed by atoms with Crippen LogP contribution in [0, 0.1) is 6.92 Å². The number of fused-ring (bicyclic) bond motifs is 3. The Bertz CT molecular complexity index is 1160. The molecule has 0 amide bonds. The molecule has 0 aliphatic heterocycles. The first kappa shape index (κ1) is 17.2. The van der Waals surface area contributed by atoms with Crippen LogP contribution in [0.15, 0.2) is 60.7 Å². The van der Waals surface area contributed by atoms with E-state index in [0.717, 1.165) is 11.2 Å². The minimum Gasteiger partial charge on any atom is -0.378 e. The number of hydrogen-bond donors (Lipinski definition) is 0. The Kier molecular flexibility index (Phi) is 4.36. The van der Waals surface area contributed by atoms with E-state index in [1.807, 2.05) is 6.92 Å². The molecule has 0 radical (unpaired) electrons. The highest BCUT2D eigenvalue weighted by atomic mass is 15.1. The molecule has 3 nitrogen and oxygen atoms in total. The summed E-state index contributed by atoms with van der Waals surface area (Å²) < 4.78 is 2.24. The fraction of sp³-hybridized carbons (Fsp3) is 0.167. The zero-order valence-electron chi connectivity index (χ0n) is 16.3. The van der Waals surface area contributed by atoms with Crippen molar-refractivity contribution < 1.29 is 4.57 Å². The summed E-state index contributed by atoms with van der Waals surface area (Å²) in [6.07, 6.45) is 4.33. The molecule has 0 aliphatic rings. The molecule has 27 heavy (non-hydrogen) atoms. The van der Waals surface area contributed by atoms with Gasteiger partial charge < -0.3 is 4.90 Å². The van der Waals surface area contributed by atoms with Crippen LogP contribution in [0.1, 0.15) is 17.0 Å². The van der Waals surface area contributed by atoms with Crippen molar-refractivity contribution in [2.45, 2.75) is 6.92 Å². The number of nitrogens with zero attached hydrogens (tertiary/aromatic N) is 3. The molecule has 2 heterocycles. The predicted octanol–water partition coefficient (Wildman–Crippen LogP) is 4.76. The van der Waals surface area contributed by atoms with Gasteiger partial charge >= 0.3 is 0 Å². The van der Waals surface area contributed by atoms with Crippen LogP contribution >= 0.6 is 0 Å². The quantitative estimate of drug-likeness (QED) is 0.390. The van der Waals surface area contributed by atoms with E-state index < -0.39 is 0 Å². The normalized spacial score (nSPS) is 11.6. The van der Waals surface area contributed by atoms with Crippen LogP contribution in [0.25, 0.3) is 34.0 Å². The van der Waals surface area contributed by atoms with Crippen LogP contribution in [0.3, 0.4) is 0 Å². The highest BCUT2D eigenvalue weighted by Crippen LogP contribution is 2.23. The molecule has 0 saturated carbocycles. The number of aromatic nitrogens is 2. The van der Waals surface area contributed by atoms with E-state index in [9.17, 15) is 0 Å². The van der Waals surface area contributed by atoms with Gasteiger partial charge in [-0.25, -0.2) is 0 Å². The monoisotopic (exact) mass is 354 g/mol. The fourth-order valence-electron chi connectivity index (χ4n) is 3.44. The van der Waals surface area contributed by atoms with Gasteiger partial charge in [-0.2, -0.15) is 4.57 Å². The molecule has 4 rings (SSSR count). The van der Waals surface area contributed by atoms with E-state index >= 15 is 0 Å². The topological polar surface area (TPSA) is 20.0 Å². The van der Waals surface area contributed by atoms with Gasteiger partial charge in [0.1, 0.15) is 7.05 Å². The average Bonchev–Trinajstić information content (AvgIpc) is 2.67. The molecular weight excluding hydrogens is 330 g/mol. The summed E-state index contributed by atoms with van der Waals surface area (Å²) in [6, 6.07) is 21.5. The van der Waals surface area contributed by atoms with Gasteiger partial charge in [0, 0.05) is 49.1 Å². The van der Waals surface area contributed by atoms with Gasteiger partial charge in [0.15, 0.2) is 0 Å². The second kappa shape index (κ2) is 6.84. The molecule has 3 heteroatoms. The van der Waals surface area contributed by atoms with Crippen LogP contribution in [-0.4, -0.2) is 19.1 Å². The maximum atomic E-state index is 4.65. The third kappa shape index (κ3) is 3.28. The highest BCUT2D eigenvalue weighted by molar-refractivity contribution is 6.03. The van der Waals surface area contributed by atoms with Crippen LogP contribution in [0.4, 0.5) is 5.69 Å². The van der Waals surface area contributed by atoms with Gasteiger partial charge in [0.05, 0.1) is 10.9 Å². The average molecular weight is 354 g/mol. The molecule has 0 bridgehead atoms. The second-order valence-electron chi connectivity index (χ2n) is 7.15. The van der Waals surface area contributed by atoms with Crippen LogP contribution in [0.5, 0.6) is 0 Å². The molecule has 0 atom stereocenters. The Balaban J connectivity index is 1.73. The fourth-order valence-corrected chi connectivity index (χ4v) is 3.44. The summed E-state index contributed by atoms with van der Waals surface area (Å²) in [5, 5.41) is 2.43. The van der Waals surface area contributed by atoms with Crippen molar-refractivity contribution in [1.82, 2.24) is 4.98 Å². The molecule has 0 fully saturated rings. The number of aryl methyl sites for hydroxylation is 2. The van der Waals surface area contributed by atoms with Gasteiger partial charge in [-0.1, -0.05) is 18.2 Å². The molecular formula is C24H24N3+. The Morgan fingerprint density at radius 1 is 0.815 bits per heavy atom. The van der Waals surface area contributed by atoms with E-state index in [-0.39, 0.29) is 0 Å². The van der Waals surface area contributed by atoms with Crippen molar-refractivity contribution in [3.05, 3.63) is 77.6 Å². The third-order valence-electron chi connectivity index (χ3n) is 5.05. The first-order valence-corrected chi connectivity index (χ1v) is 9.17. The lowest BCUT2D eigenvalue weighted by Gasteiger charge is -2.11. The molecule has 4 aromatic rings. The Hall–Kier alpha value is -3.20. The first-order valence-electron chi connectivity index (χ1n) is 9.17. The lowest BCUT2D eigenvalue weighted by atomic mass is 10.1. The smallest absolute Gasteiger partial charge is 0.213 e. The van der Waals surface area contributed by atoms with E-state index in [4.69, 9.17) is 0 Å². The Labute approximate surface area is 160 Å². The number of hydrogen-bond acceptors (Lipinski definition) is 2. The minimum absolute atomic E-state index is 1.05. The van der Waals surface area contributed by atoms with Gasteiger partial charge in [-0.3, -0.25) is 4.98 Å². The van der Waals surface area contributed by atoms with Crippen molar-refractivity contribution in [2.24, 2.45) is 7.05 Å². The minimum atomic E-state index is 1.05. The molecule has 2 aromatic carbocycles. The predicted molar refractivity (Wildman–Crippen MR) is 115 cm³/mol. The zero-order chi connectivity index (χ0) is 19.0. The zero-order valence-corrected chi connectivity index (χ0v) is 16.3. The lowest BCUT2D eigenvalue weighted by molar-refractivity contribution is -0.646. The summed E-state index contributed by atoms with van der Waals surface area (Å²) in [4.78, 5) is 6.76. The summed E-state index contributed by atoms with van der Waals surface area (Å²) in [6.45, 7) is 2.03. The Morgan fingerprint density at radius 2 is 1.56 bits per heavy atom. The van der Waals surface area contributed by atoms with Gasteiger partial charge in [0.25, 0.3) is 0 Å². The standard InChI is InChI=1S/C24H24N3/c1-17-5-13-21-22-14-12-20(27(4)24(22)16-15-23(21)25-17)11-8-18-6-9-19(10-7-18)26(2)3/h5-16H,1-4H3/q+1. The number of anilines is 1. The van der Waals surface area contributed by atoms with E-state index in [2.05, 4.69) is 108 Å². The molecule has 0 aliphatic carbocycles. The van der Waals surface area contributed by atoms with E-state index in [0.29, 0.717) is 0 Å². The largest absolute Gasteiger partial charge is 0.378 e. The molecule has 0 saturated heterocycles. The van der Waals surface area contributed by atoms with Gasteiger partial charge in [-0.15, -0.1) is 0 Å². The van der Waals surface area contributed by atoms with Crippen molar-refractivity contribution in [2.75, 3.05) is 19.0 Å². The van der Waals surface area contributed by atoms with Gasteiger partial charge in [-0.05, 0) is 48.9 Å². The SMILES string of the molecule is Cc1ccc2c(ccc3c2ccc(/C=C/c2ccc(N(C)C)cc2)[n+]3C)n1. The van der Waals surface area contributed by atoms with Crippen LogP contribution in [-0.2, 0) is 7.05 Å². The molecule has 0 unspecified atom stereocenters. The van der Waals surface area contributed by atoms with Gasteiger partial charge in [0.2, 0.25) is 11.2 Å². The molecule has 2 aromatic heterocycles. The van der Waals surface area contributed by atoms with Crippen molar-refractivity contribution in [1.29, 1.82) is 0 Å². The van der Waals surface area contributed by atoms with Crippen molar-refractivity contribution in [3.8, 4) is 0 Å². The number of rotatable bonds is 3. The van der Waals surface area contributed by atoms with E-state index in [1.165, 1.54) is 33.2 Å². The van der Waals surface area contributed by atoms with Crippen LogP contribution < -0.4 is 9.47 Å². The molecule has 134 valence electrons. The van der Waals surface area contributed by atoms with Crippen LogP contribution in [0.2, 0.25) is 0 Å². The Morgan fingerprint density at radius 3 is 2.30 bits per heavy atom. The summed E-state index contributed by atoms with van der Waals surface area (Å²) in [7, 11) is 6.23. The van der Waals surface area contributed by atoms with E-state index in [1.54, 1.807) is 0 Å². The summed E-state index contributed by atoms with van der Waals surface area (Å²) >= 11 is 0. The van der Waals surface area contributed by atoms with Crippen molar-refractivity contribution >= 4 is 39.6 Å². The molecule has 0 spiro atoms. The summed E-state index contributed by atoms with van der Waals surface area (Å²) in [5.74, 6) is 0. The van der Waals surface area contributed by atoms with Crippen molar-refractivity contribution in [3.63, 3.8) is 0 Å². The maximum absolute atomic E-state index is 4.65.